The lowest BCUT2D eigenvalue weighted by Crippen LogP contribution is -2.14. The Labute approximate surface area is 143 Å². The molecule has 1 aromatic carbocycles. The molecule has 24 heavy (non-hydrogen) atoms. The maximum Gasteiger partial charge on any atom is 0.337 e. The molecule has 2 heterocycles. The van der Waals surface area contributed by atoms with Crippen LogP contribution in [0.25, 0.3) is 5.65 Å². The molecule has 3 aromatic rings. The zero-order chi connectivity index (χ0) is 17.1. The second-order valence-corrected chi connectivity index (χ2v) is 5.58. The van der Waals surface area contributed by atoms with Gasteiger partial charge < -0.3 is 14.5 Å². The number of hydrogen-bond donors (Lipinski definition) is 1. The summed E-state index contributed by atoms with van der Waals surface area (Å²) in [6.07, 6.45) is 3.63. The number of imidazole rings is 1. The molecule has 0 atom stereocenters. The summed E-state index contributed by atoms with van der Waals surface area (Å²) in [4.78, 5) is 27.9. The predicted octanol–water partition coefficient (Wildman–Crippen LogP) is 2.96. The van der Waals surface area contributed by atoms with Crippen molar-refractivity contribution in [2.24, 2.45) is 0 Å². The van der Waals surface area contributed by atoms with Gasteiger partial charge in [-0.15, -0.1) is 0 Å². The molecule has 0 unspecified atom stereocenters. The zero-order valence-corrected chi connectivity index (χ0v) is 13.6. The number of methoxy groups -OCH3 is 1. The minimum Gasteiger partial charge on any atom is -0.465 e. The Kier molecular flexibility index (Phi) is 4.48. The van der Waals surface area contributed by atoms with Crippen LogP contribution in [0.3, 0.4) is 0 Å². The molecule has 0 aliphatic rings. The summed E-state index contributed by atoms with van der Waals surface area (Å²) in [5, 5.41) is 3.36. The third-order valence-corrected chi connectivity index (χ3v) is 3.62. The SMILES string of the molecule is COC(=O)c1ccc(NC(=O)Cc2cn3cc(Cl)ccc3n2)cc1. The summed E-state index contributed by atoms with van der Waals surface area (Å²) < 4.78 is 6.40. The molecule has 0 saturated carbocycles. The van der Waals surface area contributed by atoms with Gasteiger partial charge in [-0.2, -0.15) is 0 Å². The first-order chi connectivity index (χ1) is 11.5. The Morgan fingerprint density at radius 2 is 1.92 bits per heavy atom. The van der Waals surface area contributed by atoms with Gasteiger partial charge in [-0.3, -0.25) is 4.79 Å². The van der Waals surface area contributed by atoms with Gasteiger partial charge in [0.1, 0.15) is 5.65 Å². The average Bonchev–Trinajstić information content (AvgIpc) is 2.95. The average molecular weight is 344 g/mol. The molecule has 3 rings (SSSR count). The number of esters is 1. The highest BCUT2D eigenvalue weighted by molar-refractivity contribution is 6.30. The number of aromatic nitrogens is 2. The number of fused-ring (bicyclic) bond motifs is 1. The lowest BCUT2D eigenvalue weighted by atomic mass is 10.2. The fourth-order valence-corrected chi connectivity index (χ4v) is 2.45. The highest BCUT2D eigenvalue weighted by atomic mass is 35.5. The van der Waals surface area contributed by atoms with E-state index in [0.717, 1.165) is 5.65 Å². The molecular weight excluding hydrogens is 330 g/mol. The lowest BCUT2D eigenvalue weighted by Gasteiger charge is -2.05. The molecule has 0 radical (unpaired) electrons. The molecule has 0 aliphatic heterocycles. The zero-order valence-electron chi connectivity index (χ0n) is 12.8. The van der Waals surface area contributed by atoms with Crippen molar-refractivity contribution in [2.75, 3.05) is 12.4 Å². The fraction of sp³-hybridized carbons (Fsp3) is 0.118. The van der Waals surface area contributed by atoms with Gasteiger partial charge in [-0.25, -0.2) is 9.78 Å². The molecule has 1 amide bonds. The van der Waals surface area contributed by atoms with E-state index in [1.165, 1.54) is 7.11 Å². The molecule has 0 aliphatic carbocycles. The second kappa shape index (κ2) is 6.72. The normalized spacial score (nSPS) is 10.6. The van der Waals surface area contributed by atoms with Crippen molar-refractivity contribution in [3.8, 4) is 0 Å². The molecule has 0 spiro atoms. The summed E-state index contributed by atoms with van der Waals surface area (Å²) in [5.74, 6) is -0.619. The maximum atomic E-state index is 12.1. The number of rotatable bonds is 4. The molecule has 0 bridgehead atoms. The second-order valence-electron chi connectivity index (χ2n) is 5.14. The van der Waals surface area contributed by atoms with Crippen molar-refractivity contribution in [3.63, 3.8) is 0 Å². The molecule has 7 heteroatoms. The Bertz CT molecular complexity index is 903. The van der Waals surface area contributed by atoms with Gasteiger partial charge >= 0.3 is 5.97 Å². The van der Waals surface area contributed by atoms with Crippen LogP contribution >= 0.6 is 11.6 Å². The summed E-state index contributed by atoms with van der Waals surface area (Å²) in [5.41, 5.74) is 2.39. The van der Waals surface area contributed by atoms with E-state index in [9.17, 15) is 9.59 Å². The monoisotopic (exact) mass is 343 g/mol. The van der Waals surface area contributed by atoms with Crippen molar-refractivity contribution < 1.29 is 14.3 Å². The van der Waals surface area contributed by atoms with Crippen LogP contribution < -0.4 is 5.32 Å². The number of amides is 1. The van der Waals surface area contributed by atoms with E-state index in [0.29, 0.717) is 22.0 Å². The third kappa shape index (κ3) is 3.55. The number of pyridine rings is 1. The topological polar surface area (TPSA) is 72.7 Å². The molecule has 2 aromatic heterocycles. The largest absolute Gasteiger partial charge is 0.465 e. The standard InChI is InChI=1S/C17H14ClN3O3/c1-24-17(23)11-2-5-13(6-3-11)20-16(22)8-14-10-21-9-12(18)4-7-15(21)19-14/h2-7,9-10H,8H2,1H3,(H,20,22). The van der Waals surface area contributed by atoms with Crippen LogP contribution in [0.2, 0.25) is 5.02 Å². The molecular formula is C17H14ClN3O3. The summed E-state index contributed by atoms with van der Waals surface area (Å²) >= 11 is 5.93. The van der Waals surface area contributed by atoms with Gasteiger partial charge in [0, 0.05) is 18.1 Å². The van der Waals surface area contributed by atoms with Gasteiger partial charge in [0.25, 0.3) is 0 Å². The number of hydrogen-bond acceptors (Lipinski definition) is 4. The van der Waals surface area contributed by atoms with E-state index >= 15 is 0 Å². The van der Waals surface area contributed by atoms with E-state index in [-0.39, 0.29) is 12.3 Å². The number of benzene rings is 1. The minimum atomic E-state index is -0.420. The minimum absolute atomic E-state index is 0.137. The van der Waals surface area contributed by atoms with Gasteiger partial charge in [0.05, 0.1) is 29.8 Å². The van der Waals surface area contributed by atoms with Crippen LogP contribution in [-0.2, 0) is 16.0 Å². The number of nitrogens with one attached hydrogen (secondary N) is 1. The van der Waals surface area contributed by atoms with Crippen molar-refractivity contribution in [3.05, 3.63) is 65.1 Å². The van der Waals surface area contributed by atoms with E-state index in [2.05, 4.69) is 15.0 Å². The van der Waals surface area contributed by atoms with Crippen LogP contribution in [0.5, 0.6) is 0 Å². The first-order valence-electron chi connectivity index (χ1n) is 7.16. The number of nitrogens with zero attached hydrogens (tertiary/aromatic N) is 2. The molecule has 6 nitrogen and oxygen atoms in total. The molecule has 0 fully saturated rings. The number of halogens is 1. The van der Waals surface area contributed by atoms with E-state index in [4.69, 9.17) is 11.6 Å². The van der Waals surface area contributed by atoms with E-state index < -0.39 is 5.97 Å². The van der Waals surface area contributed by atoms with Crippen LogP contribution in [0.4, 0.5) is 5.69 Å². The van der Waals surface area contributed by atoms with Gasteiger partial charge in [0.2, 0.25) is 5.91 Å². The van der Waals surface area contributed by atoms with Crippen molar-refractivity contribution >= 4 is 34.8 Å². The summed E-state index contributed by atoms with van der Waals surface area (Å²) in [6.45, 7) is 0. The highest BCUT2D eigenvalue weighted by Crippen LogP contribution is 2.14. The third-order valence-electron chi connectivity index (χ3n) is 3.40. The maximum absolute atomic E-state index is 12.1. The number of anilines is 1. The first-order valence-corrected chi connectivity index (χ1v) is 7.54. The summed E-state index contributed by atoms with van der Waals surface area (Å²) in [7, 11) is 1.32. The Balaban J connectivity index is 1.67. The summed E-state index contributed by atoms with van der Waals surface area (Å²) in [6, 6.07) is 10.0. The molecule has 1 N–H and O–H groups in total. The molecule has 0 saturated heterocycles. The quantitative estimate of drug-likeness (QED) is 0.739. The van der Waals surface area contributed by atoms with Gasteiger partial charge in [-0.1, -0.05) is 11.6 Å². The van der Waals surface area contributed by atoms with Crippen LogP contribution in [0, 0.1) is 0 Å². The first kappa shape index (κ1) is 16.0. The molecule has 122 valence electrons. The van der Waals surface area contributed by atoms with E-state index in [1.54, 1.807) is 53.2 Å². The number of carbonyl (C=O) groups is 2. The Morgan fingerprint density at radius 1 is 1.17 bits per heavy atom. The van der Waals surface area contributed by atoms with Crippen LogP contribution in [-0.4, -0.2) is 28.4 Å². The number of carbonyl (C=O) groups excluding carboxylic acids is 2. The lowest BCUT2D eigenvalue weighted by molar-refractivity contribution is -0.115. The van der Waals surface area contributed by atoms with Crippen LogP contribution in [0.15, 0.2) is 48.8 Å². The van der Waals surface area contributed by atoms with Crippen molar-refractivity contribution in [2.45, 2.75) is 6.42 Å². The van der Waals surface area contributed by atoms with Crippen molar-refractivity contribution in [1.29, 1.82) is 0 Å². The van der Waals surface area contributed by atoms with Gasteiger partial charge in [-0.05, 0) is 36.4 Å². The van der Waals surface area contributed by atoms with Crippen molar-refractivity contribution in [1.82, 2.24) is 9.38 Å². The van der Waals surface area contributed by atoms with E-state index in [1.807, 2.05) is 0 Å². The highest BCUT2D eigenvalue weighted by Gasteiger charge is 2.09. The Hall–Kier alpha value is -2.86. The fourth-order valence-electron chi connectivity index (χ4n) is 2.28. The van der Waals surface area contributed by atoms with Crippen LogP contribution in [0.1, 0.15) is 16.1 Å². The number of ether oxygens (including phenoxy) is 1. The smallest absolute Gasteiger partial charge is 0.337 e. The predicted molar refractivity (Wildman–Crippen MR) is 90.3 cm³/mol. The van der Waals surface area contributed by atoms with Gasteiger partial charge in [0.15, 0.2) is 0 Å². The Morgan fingerprint density at radius 3 is 2.62 bits per heavy atom.